The fourth-order valence-corrected chi connectivity index (χ4v) is 3.05. The number of rotatable bonds is 2. The smallest absolute Gasteiger partial charge is 0.219 e. The van der Waals surface area contributed by atoms with Crippen molar-refractivity contribution in [2.24, 2.45) is 0 Å². The summed E-state index contributed by atoms with van der Waals surface area (Å²) in [6, 6.07) is 2.25. The minimum atomic E-state index is 0.0195. The van der Waals surface area contributed by atoms with Gasteiger partial charge in [-0.15, -0.1) is 0 Å². The molecule has 120 valence electrons. The Kier molecular flexibility index (Phi) is 3.89. The van der Waals surface area contributed by atoms with E-state index in [2.05, 4.69) is 50.7 Å². The molecule has 3 heterocycles. The van der Waals surface area contributed by atoms with Gasteiger partial charge in [0.25, 0.3) is 0 Å². The van der Waals surface area contributed by atoms with E-state index in [9.17, 15) is 0 Å². The third-order valence-electron chi connectivity index (χ3n) is 4.59. The molecule has 1 saturated heterocycles. The molecule has 0 unspecified atom stereocenters. The van der Waals surface area contributed by atoms with Crippen LogP contribution in [0.15, 0.2) is 12.3 Å². The molecule has 1 N–H and O–H groups in total. The quantitative estimate of drug-likeness (QED) is 0.920. The number of pyridine rings is 1. The van der Waals surface area contributed by atoms with Gasteiger partial charge in [0, 0.05) is 30.2 Å². The van der Waals surface area contributed by atoms with E-state index in [0.29, 0.717) is 0 Å². The van der Waals surface area contributed by atoms with Gasteiger partial charge >= 0.3 is 0 Å². The molecule has 4 heteroatoms. The average Bonchev–Trinajstić information content (AvgIpc) is 2.80. The van der Waals surface area contributed by atoms with E-state index in [0.717, 1.165) is 37.5 Å². The molecule has 0 amide bonds. The predicted octanol–water partition coefficient (Wildman–Crippen LogP) is 3.64. The number of aromatic nitrogens is 2. The van der Waals surface area contributed by atoms with E-state index in [4.69, 9.17) is 9.72 Å². The van der Waals surface area contributed by atoms with Crippen LogP contribution in [-0.4, -0.2) is 41.1 Å². The SMILES string of the molecule is Cc1c[nH]c2nc(OC3CCN(C)CC3)c(C(C)(C)C)cc12. The Morgan fingerprint density at radius 1 is 1.27 bits per heavy atom. The van der Waals surface area contributed by atoms with E-state index in [1.54, 1.807) is 0 Å². The highest BCUT2D eigenvalue weighted by molar-refractivity contribution is 5.81. The largest absolute Gasteiger partial charge is 0.474 e. The van der Waals surface area contributed by atoms with E-state index < -0.39 is 0 Å². The highest BCUT2D eigenvalue weighted by atomic mass is 16.5. The summed E-state index contributed by atoms with van der Waals surface area (Å²) in [4.78, 5) is 10.4. The van der Waals surface area contributed by atoms with Gasteiger partial charge in [0.05, 0.1) is 0 Å². The summed E-state index contributed by atoms with van der Waals surface area (Å²) >= 11 is 0. The first-order valence-corrected chi connectivity index (χ1v) is 8.19. The molecule has 1 fully saturated rings. The van der Waals surface area contributed by atoms with Crippen LogP contribution >= 0.6 is 0 Å². The van der Waals surface area contributed by atoms with Crippen LogP contribution in [0.5, 0.6) is 5.88 Å². The van der Waals surface area contributed by atoms with Crippen molar-refractivity contribution in [3.63, 3.8) is 0 Å². The van der Waals surface area contributed by atoms with Crippen molar-refractivity contribution >= 4 is 11.0 Å². The van der Waals surface area contributed by atoms with Gasteiger partial charge in [-0.2, -0.15) is 4.98 Å². The second-order valence-electron chi connectivity index (χ2n) is 7.58. The van der Waals surface area contributed by atoms with Crippen LogP contribution in [0, 0.1) is 6.92 Å². The number of aryl methyl sites for hydroxylation is 1. The number of hydrogen-bond donors (Lipinski definition) is 1. The van der Waals surface area contributed by atoms with Crippen molar-refractivity contribution < 1.29 is 4.74 Å². The minimum Gasteiger partial charge on any atom is -0.474 e. The van der Waals surface area contributed by atoms with E-state index in [1.165, 1.54) is 16.5 Å². The Morgan fingerprint density at radius 2 is 1.95 bits per heavy atom. The van der Waals surface area contributed by atoms with Crippen molar-refractivity contribution in [1.29, 1.82) is 0 Å². The predicted molar refractivity (Wildman–Crippen MR) is 90.7 cm³/mol. The maximum absolute atomic E-state index is 6.32. The molecule has 0 aromatic carbocycles. The van der Waals surface area contributed by atoms with Crippen molar-refractivity contribution in [2.75, 3.05) is 20.1 Å². The molecule has 2 aromatic rings. The summed E-state index contributed by atoms with van der Waals surface area (Å²) in [5, 5.41) is 1.20. The summed E-state index contributed by atoms with van der Waals surface area (Å²) < 4.78 is 6.32. The first kappa shape index (κ1) is 15.3. The van der Waals surface area contributed by atoms with Gasteiger partial charge in [-0.1, -0.05) is 20.8 Å². The number of hydrogen-bond acceptors (Lipinski definition) is 3. The lowest BCUT2D eigenvalue weighted by Crippen LogP contribution is -2.36. The molecular formula is C18H27N3O. The summed E-state index contributed by atoms with van der Waals surface area (Å²) in [7, 11) is 2.17. The normalized spacial score (nSPS) is 18.0. The third-order valence-corrected chi connectivity index (χ3v) is 4.59. The number of ether oxygens (including phenoxy) is 1. The van der Waals surface area contributed by atoms with Gasteiger partial charge in [0.15, 0.2) is 0 Å². The molecule has 2 aromatic heterocycles. The molecule has 0 aliphatic carbocycles. The molecule has 0 radical (unpaired) electrons. The standard InChI is InChI=1S/C18H27N3O/c1-12-11-19-16-14(12)10-15(18(2,3)4)17(20-16)22-13-6-8-21(5)9-7-13/h10-11,13H,6-9H2,1-5H3,(H,19,20). The van der Waals surface area contributed by atoms with Gasteiger partial charge < -0.3 is 14.6 Å². The molecule has 1 aliphatic heterocycles. The Labute approximate surface area is 132 Å². The van der Waals surface area contributed by atoms with Crippen molar-refractivity contribution in [3.05, 3.63) is 23.4 Å². The summed E-state index contributed by atoms with van der Waals surface area (Å²) in [5.41, 5.74) is 3.37. The van der Waals surface area contributed by atoms with Crippen LogP contribution in [0.2, 0.25) is 0 Å². The molecule has 4 nitrogen and oxygen atoms in total. The Balaban J connectivity index is 1.96. The van der Waals surface area contributed by atoms with E-state index in [1.807, 2.05) is 6.20 Å². The first-order chi connectivity index (χ1) is 10.3. The number of fused-ring (bicyclic) bond motifs is 1. The fourth-order valence-electron chi connectivity index (χ4n) is 3.05. The second kappa shape index (κ2) is 5.58. The van der Waals surface area contributed by atoms with Gasteiger partial charge in [0.1, 0.15) is 11.8 Å². The van der Waals surface area contributed by atoms with Crippen LogP contribution in [-0.2, 0) is 5.41 Å². The lowest BCUT2D eigenvalue weighted by atomic mass is 9.87. The molecule has 22 heavy (non-hydrogen) atoms. The van der Waals surface area contributed by atoms with E-state index in [-0.39, 0.29) is 11.5 Å². The first-order valence-electron chi connectivity index (χ1n) is 8.19. The number of nitrogens with one attached hydrogen (secondary N) is 1. The van der Waals surface area contributed by atoms with Crippen LogP contribution in [0.25, 0.3) is 11.0 Å². The minimum absolute atomic E-state index is 0.0195. The molecule has 0 saturated carbocycles. The Hall–Kier alpha value is -1.55. The van der Waals surface area contributed by atoms with Gasteiger partial charge in [-0.25, -0.2) is 0 Å². The van der Waals surface area contributed by atoms with Gasteiger partial charge in [-0.3, -0.25) is 0 Å². The Morgan fingerprint density at radius 3 is 2.59 bits per heavy atom. The van der Waals surface area contributed by atoms with Crippen molar-refractivity contribution in [1.82, 2.24) is 14.9 Å². The zero-order valence-corrected chi connectivity index (χ0v) is 14.4. The van der Waals surface area contributed by atoms with Crippen molar-refractivity contribution in [2.45, 2.75) is 52.1 Å². The second-order valence-corrected chi connectivity index (χ2v) is 7.58. The summed E-state index contributed by atoms with van der Waals surface area (Å²) in [6.45, 7) is 11.0. The number of piperidine rings is 1. The monoisotopic (exact) mass is 301 g/mol. The maximum atomic E-state index is 6.32. The zero-order chi connectivity index (χ0) is 15.9. The van der Waals surface area contributed by atoms with Crippen molar-refractivity contribution in [3.8, 4) is 5.88 Å². The lowest BCUT2D eigenvalue weighted by Gasteiger charge is -2.31. The number of H-pyrrole nitrogens is 1. The van der Waals surface area contributed by atoms with Crippen LogP contribution < -0.4 is 4.74 Å². The van der Waals surface area contributed by atoms with Crippen LogP contribution in [0.4, 0.5) is 0 Å². The number of nitrogens with zero attached hydrogens (tertiary/aromatic N) is 2. The molecule has 3 rings (SSSR count). The topological polar surface area (TPSA) is 41.1 Å². The summed E-state index contributed by atoms with van der Waals surface area (Å²) in [6.07, 6.45) is 4.44. The lowest BCUT2D eigenvalue weighted by molar-refractivity contribution is 0.108. The highest BCUT2D eigenvalue weighted by Gasteiger charge is 2.25. The number of aromatic amines is 1. The molecular weight excluding hydrogens is 274 g/mol. The van der Waals surface area contributed by atoms with Crippen LogP contribution in [0.1, 0.15) is 44.7 Å². The fraction of sp³-hybridized carbons (Fsp3) is 0.611. The number of likely N-dealkylation sites (tertiary alicyclic amines) is 1. The van der Waals surface area contributed by atoms with Gasteiger partial charge in [-0.05, 0) is 43.9 Å². The highest BCUT2D eigenvalue weighted by Crippen LogP contribution is 2.34. The van der Waals surface area contributed by atoms with E-state index >= 15 is 0 Å². The maximum Gasteiger partial charge on any atom is 0.219 e. The zero-order valence-electron chi connectivity index (χ0n) is 14.4. The van der Waals surface area contributed by atoms with Crippen LogP contribution in [0.3, 0.4) is 0 Å². The van der Waals surface area contributed by atoms with Gasteiger partial charge in [0.2, 0.25) is 5.88 Å². The Bertz CT molecular complexity index is 661. The summed E-state index contributed by atoms with van der Waals surface area (Å²) in [5.74, 6) is 0.802. The molecule has 0 spiro atoms. The molecule has 0 bridgehead atoms. The molecule has 1 aliphatic rings. The molecule has 0 atom stereocenters. The third kappa shape index (κ3) is 2.98. The average molecular weight is 301 g/mol.